The van der Waals surface area contributed by atoms with Gasteiger partial charge in [0.25, 0.3) is 0 Å². The SMILES string of the molecule is CN=C(NCc1ccccc1CS(=O)(=O)N1CCOCC1)NC(C)C(C)C. The normalized spacial score (nSPS) is 17.7. The van der Waals surface area contributed by atoms with E-state index in [2.05, 4.69) is 36.4 Å². The quantitative estimate of drug-likeness (QED) is 0.540. The van der Waals surface area contributed by atoms with Gasteiger partial charge in [-0.3, -0.25) is 4.99 Å². The van der Waals surface area contributed by atoms with Crippen molar-refractivity contribution in [1.82, 2.24) is 14.9 Å². The molecule has 2 N–H and O–H groups in total. The van der Waals surface area contributed by atoms with Gasteiger partial charge in [-0.2, -0.15) is 4.31 Å². The number of morpholine rings is 1. The van der Waals surface area contributed by atoms with Crippen molar-refractivity contribution in [2.45, 2.75) is 39.1 Å². The number of guanidine groups is 1. The molecule has 1 aliphatic heterocycles. The van der Waals surface area contributed by atoms with Crippen molar-refractivity contribution in [3.05, 3.63) is 35.4 Å². The molecule has 0 aliphatic carbocycles. The van der Waals surface area contributed by atoms with E-state index in [1.54, 1.807) is 7.05 Å². The zero-order chi connectivity index (χ0) is 19.9. The van der Waals surface area contributed by atoms with Crippen LogP contribution in [0.15, 0.2) is 29.3 Å². The maximum atomic E-state index is 12.7. The number of ether oxygens (including phenoxy) is 1. The second-order valence-electron chi connectivity index (χ2n) is 7.14. The summed E-state index contributed by atoms with van der Waals surface area (Å²) < 4.78 is 32.2. The average Bonchev–Trinajstić information content (AvgIpc) is 2.66. The summed E-state index contributed by atoms with van der Waals surface area (Å²) >= 11 is 0. The van der Waals surface area contributed by atoms with Gasteiger partial charge < -0.3 is 15.4 Å². The fraction of sp³-hybridized carbons (Fsp3) is 0.632. The highest BCUT2D eigenvalue weighted by Gasteiger charge is 2.25. The molecule has 8 heteroatoms. The molecule has 1 aliphatic rings. The molecular weight excluding hydrogens is 364 g/mol. The molecule has 1 aromatic rings. The fourth-order valence-corrected chi connectivity index (χ4v) is 4.30. The average molecular weight is 397 g/mol. The van der Waals surface area contributed by atoms with E-state index in [0.717, 1.165) is 11.1 Å². The molecule has 1 aromatic carbocycles. The van der Waals surface area contributed by atoms with Crippen molar-refractivity contribution < 1.29 is 13.2 Å². The molecule has 0 spiro atoms. The molecule has 1 fully saturated rings. The first-order valence-corrected chi connectivity index (χ1v) is 11.0. The Hall–Kier alpha value is -1.64. The topological polar surface area (TPSA) is 83.0 Å². The van der Waals surface area contributed by atoms with Crippen molar-refractivity contribution in [2.75, 3.05) is 33.4 Å². The van der Waals surface area contributed by atoms with Crippen LogP contribution in [-0.4, -0.2) is 58.1 Å². The summed E-state index contributed by atoms with van der Waals surface area (Å²) in [7, 11) is -1.62. The molecule has 0 bridgehead atoms. The molecule has 0 amide bonds. The van der Waals surface area contributed by atoms with Crippen molar-refractivity contribution in [3.8, 4) is 0 Å². The Morgan fingerprint density at radius 3 is 2.41 bits per heavy atom. The Morgan fingerprint density at radius 1 is 1.19 bits per heavy atom. The Labute approximate surface area is 163 Å². The van der Waals surface area contributed by atoms with Crippen LogP contribution in [-0.2, 0) is 27.1 Å². The van der Waals surface area contributed by atoms with Crippen LogP contribution in [0.5, 0.6) is 0 Å². The fourth-order valence-electron chi connectivity index (χ4n) is 2.74. The zero-order valence-electron chi connectivity index (χ0n) is 16.7. The second kappa shape index (κ2) is 10.1. The molecule has 0 saturated carbocycles. The van der Waals surface area contributed by atoms with Crippen LogP contribution < -0.4 is 10.6 Å². The number of benzene rings is 1. The molecule has 2 rings (SSSR count). The van der Waals surface area contributed by atoms with Gasteiger partial charge in [-0.25, -0.2) is 8.42 Å². The number of hydrogen-bond donors (Lipinski definition) is 2. The first-order valence-electron chi connectivity index (χ1n) is 9.43. The second-order valence-corrected chi connectivity index (χ2v) is 9.11. The third kappa shape index (κ3) is 6.48. The van der Waals surface area contributed by atoms with E-state index in [4.69, 9.17) is 4.74 Å². The number of nitrogens with one attached hydrogen (secondary N) is 2. The summed E-state index contributed by atoms with van der Waals surface area (Å²) in [5.74, 6) is 1.19. The van der Waals surface area contributed by atoms with Gasteiger partial charge in [-0.1, -0.05) is 38.1 Å². The largest absolute Gasteiger partial charge is 0.379 e. The Balaban J connectivity index is 2.04. The third-order valence-electron chi connectivity index (χ3n) is 4.85. The number of nitrogens with zero attached hydrogens (tertiary/aromatic N) is 2. The zero-order valence-corrected chi connectivity index (χ0v) is 17.6. The summed E-state index contributed by atoms with van der Waals surface area (Å²) in [6.07, 6.45) is 0. The number of rotatable bonds is 7. The summed E-state index contributed by atoms with van der Waals surface area (Å²) in [5.41, 5.74) is 1.76. The molecule has 1 heterocycles. The van der Waals surface area contributed by atoms with Crippen LogP contribution in [0.3, 0.4) is 0 Å². The molecule has 0 radical (unpaired) electrons. The molecule has 1 saturated heterocycles. The third-order valence-corrected chi connectivity index (χ3v) is 6.68. The van der Waals surface area contributed by atoms with Crippen LogP contribution in [0.2, 0.25) is 0 Å². The van der Waals surface area contributed by atoms with Crippen LogP contribution >= 0.6 is 0 Å². The Kier molecular flexibility index (Phi) is 8.07. The van der Waals surface area contributed by atoms with Crippen molar-refractivity contribution >= 4 is 16.0 Å². The summed E-state index contributed by atoms with van der Waals surface area (Å²) in [6.45, 7) is 8.68. The van der Waals surface area contributed by atoms with Gasteiger partial charge >= 0.3 is 0 Å². The van der Waals surface area contributed by atoms with E-state index in [1.165, 1.54) is 4.31 Å². The van der Waals surface area contributed by atoms with E-state index >= 15 is 0 Å². The lowest BCUT2D eigenvalue weighted by Crippen LogP contribution is -2.44. The van der Waals surface area contributed by atoms with Crippen LogP contribution in [0.25, 0.3) is 0 Å². The monoisotopic (exact) mass is 396 g/mol. The maximum absolute atomic E-state index is 12.7. The van der Waals surface area contributed by atoms with Crippen LogP contribution in [0, 0.1) is 5.92 Å². The summed E-state index contributed by atoms with van der Waals surface area (Å²) in [5, 5.41) is 6.64. The minimum atomic E-state index is -3.35. The van der Waals surface area contributed by atoms with Gasteiger partial charge in [0.2, 0.25) is 10.0 Å². The highest BCUT2D eigenvalue weighted by Crippen LogP contribution is 2.16. The van der Waals surface area contributed by atoms with Gasteiger partial charge in [0.1, 0.15) is 0 Å². The van der Waals surface area contributed by atoms with Gasteiger partial charge in [0.05, 0.1) is 19.0 Å². The molecule has 27 heavy (non-hydrogen) atoms. The molecule has 1 unspecified atom stereocenters. The van der Waals surface area contributed by atoms with E-state index in [1.807, 2.05) is 24.3 Å². The highest BCUT2D eigenvalue weighted by atomic mass is 32.2. The van der Waals surface area contributed by atoms with E-state index < -0.39 is 10.0 Å². The summed E-state index contributed by atoms with van der Waals surface area (Å²) in [6, 6.07) is 7.92. The first-order chi connectivity index (χ1) is 12.8. The molecule has 152 valence electrons. The van der Waals surface area contributed by atoms with Crippen LogP contribution in [0.4, 0.5) is 0 Å². The van der Waals surface area contributed by atoms with Crippen molar-refractivity contribution in [1.29, 1.82) is 0 Å². The lowest BCUT2D eigenvalue weighted by Gasteiger charge is -2.26. The van der Waals surface area contributed by atoms with Crippen molar-refractivity contribution in [2.24, 2.45) is 10.9 Å². The maximum Gasteiger partial charge on any atom is 0.218 e. The van der Waals surface area contributed by atoms with E-state index in [-0.39, 0.29) is 11.8 Å². The number of hydrogen-bond acceptors (Lipinski definition) is 4. The van der Waals surface area contributed by atoms with Crippen LogP contribution in [0.1, 0.15) is 31.9 Å². The first kappa shape index (κ1) is 21.7. The molecule has 1 atom stereocenters. The van der Waals surface area contributed by atoms with Gasteiger partial charge in [-0.15, -0.1) is 0 Å². The number of aliphatic imine (C=N–C) groups is 1. The minimum absolute atomic E-state index is 0.000714. The predicted molar refractivity (Wildman–Crippen MR) is 109 cm³/mol. The Bertz CT molecular complexity index is 728. The minimum Gasteiger partial charge on any atom is -0.379 e. The lowest BCUT2D eigenvalue weighted by molar-refractivity contribution is 0.0729. The molecule has 0 aromatic heterocycles. The predicted octanol–water partition coefficient (Wildman–Crippen LogP) is 1.56. The number of sulfonamides is 1. The van der Waals surface area contributed by atoms with Gasteiger partial charge in [0, 0.05) is 32.7 Å². The standard InChI is InChI=1S/C19H32N4O3S/c1-15(2)16(3)22-19(20-4)21-13-17-7-5-6-8-18(17)14-27(24,25)23-9-11-26-12-10-23/h5-8,15-16H,9-14H2,1-4H3,(H2,20,21,22). The van der Waals surface area contributed by atoms with Gasteiger partial charge in [0.15, 0.2) is 5.96 Å². The Morgan fingerprint density at radius 2 is 1.81 bits per heavy atom. The van der Waals surface area contributed by atoms with Crippen molar-refractivity contribution in [3.63, 3.8) is 0 Å². The van der Waals surface area contributed by atoms with Gasteiger partial charge in [-0.05, 0) is 24.0 Å². The van der Waals surface area contributed by atoms with E-state index in [0.29, 0.717) is 44.7 Å². The molecular formula is C19H32N4O3S. The van der Waals surface area contributed by atoms with E-state index in [9.17, 15) is 8.42 Å². The smallest absolute Gasteiger partial charge is 0.218 e. The summed E-state index contributed by atoms with van der Waals surface area (Å²) in [4.78, 5) is 4.26. The highest BCUT2D eigenvalue weighted by molar-refractivity contribution is 7.88. The molecule has 7 nitrogen and oxygen atoms in total. The lowest BCUT2D eigenvalue weighted by atomic mass is 10.1.